The van der Waals surface area contributed by atoms with Gasteiger partial charge in [0.2, 0.25) is 11.8 Å². The van der Waals surface area contributed by atoms with Crippen LogP contribution in [0.2, 0.25) is 0 Å². The minimum atomic E-state index is 0.0659. The fourth-order valence-corrected chi connectivity index (χ4v) is 4.14. The molecule has 2 N–H and O–H groups in total. The maximum Gasteiger partial charge on any atom is 0.225 e. The van der Waals surface area contributed by atoms with Crippen molar-refractivity contribution in [2.24, 2.45) is 0 Å². The number of hydrogen-bond donors (Lipinski definition) is 2. The van der Waals surface area contributed by atoms with E-state index in [2.05, 4.69) is 25.2 Å². The standard InChI is InChI=1S/C22H26N6O3/c29-16-13-24-22(25-14-16)26-15-3-5-17(6-4-15)31-21-18-2-1-7-23-19(18)12-20(27-21)28-8-10-30-11-9-28/h1-2,7,12-15,17,29H,3-6,8-11H2,(H,24,25,26). The summed E-state index contributed by atoms with van der Waals surface area (Å²) in [5.74, 6) is 2.16. The van der Waals surface area contributed by atoms with E-state index in [1.807, 2.05) is 18.2 Å². The van der Waals surface area contributed by atoms with Gasteiger partial charge in [-0.25, -0.2) is 9.97 Å². The van der Waals surface area contributed by atoms with Gasteiger partial charge in [-0.15, -0.1) is 0 Å². The molecule has 0 aromatic carbocycles. The van der Waals surface area contributed by atoms with E-state index in [0.29, 0.717) is 25.0 Å². The van der Waals surface area contributed by atoms with Crippen LogP contribution in [0.15, 0.2) is 36.8 Å². The van der Waals surface area contributed by atoms with E-state index < -0.39 is 0 Å². The van der Waals surface area contributed by atoms with Crippen molar-refractivity contribution in [3.05, 3.63) is 36.8 Å². The van der Waals surface area contributed by atoms with Crippen molar-refractivity contribution in [2.45, 2.75) is 37.8 Å². The molecule has 0 amide bonds. The second-order valence-electron chi connectivity index (χ2n) is 7.96. The first-order valence-corrected chi connectivity index (χ1v) is 10.8. The summed E-state index contributed by atoms with van der Waals surface area (Å²) in [4.78, 5) is 19.9. The molecule has 4 heterocycles. The van der Waals surface area contributed by atoms with Crippen LogP contribution in [-0.2, 0) is 4.74 Å². The predicted molar refractivity (Wildman–Crippen MR) is 117 cm³/mol. The van der Waals surface area contributed by atoms with Crippen LogP contribution >= 0.6 is 0 Å². The molecule has 0 bridgehead atoms. The van der Waals surface area contributed by atoms with Gasteiger partial charge in [0.25, 0.3) is 0 Å². The third kappa shape index (κ3) is 4.61. The number of morpholine rings is 1. The third-order valence-corrected chi connectivity index (χ3v) is 5.81. The molecule has 5 rings (SSSR count). The van der Waals surface area contributed by atoms with Gasteiger partial charge in [0.05, 0.1) is 36.5 Å². The third-order valence-electron chi connectivity index (χ3n) is 5.81. The SMILES string of the molecule is Oc1cnc(NC2CCC(Oc3nc(N4CCOCC4)cc4ncccc34)CC2)nc1. The van der Waals surface area contributed by atoms with Crippen LogP contribution in [-0.4, -0.2) is 63.5 Å². The van der Waals surface area contributed by atoms with Crippen molar-refractivity contribution in [1.82, 2.24) is 19.9 Å². The van der Waals surface area contributed by atoms with Crippen LogP contribution in [0.25, 0.3) is 10.9 Å². The van der Waals surface area contributed by atoms with Crippen LogP contribution in [0.5, 0.6) is 11.6 Å². The Kier molecular flexibility index (Phi) is 5.66. The average Bonchev–Trinajstić information content (AvgIpc) is 2.82. The minimum absolute atomic E-state index is 0.0659. The summed E-state index contributed by atoms with van der Waals surface area (Å²) in [5.41, 5.74) is 0.897. The fourth-order valence-electron chi connectivity index (χ4n) is 4.14. The van der Waals surface area contributed by atoms with Crippen molar-refractivity contribution in [1.29, 1.82) is 0 Å². The molecule has 1 saturated heterocycles. The van der Waals surface area contributed by atoms with Crippen molar-refractivity contribution < 1.29 is 14.6 Å². The molecule has 0 atom stereocenters. The maximum atomic E-state index is 9.33. The molecule has 1 saturated carbocycles. The van der Waals surface area contributed by atoms with Crippen LogP contribution in [0.4, 0.5) is 11.8 Å². The highest BCUT2D eigenvalue weighted by atomic mass is 16.5. The first-order chi connectivity index (χ1) is 15.2. The van der Waals surface area contributed by atoms with E-state index >= 15 is 0 Å². The predicted octanol–water partition coefficient (Wildman–Crippen LogP) is 2.76. The molecule has 9 nitrogen and oxygen atoms in total. The normalized spacial score (nSPS) is 21.7. The molecular weight excluding hydrogens is 396 g/mol. The number of nitrogens with zero attached hydrogens (tertiary/aromatic N) is 5. The summed E-state index contributed by atoms with van der Waals surface area (Å²) in [6, 6.07) is 6.26. The molecule has 2 aliphatic rings. The summed E-state index contributed by atoms with van der Waals surface area (Å²) in [5, 5.41) is 13.6. The minimum Gasteiger partial charge on any atom is -0.505 e. The zero-order valence-electron chi connectivity index (χ0n) is 17.3. The lowest BCUT2D eigenvalue weighted by atomic mass is 9.93. The van der Waals surface area contributed by atoms with Gasteiger partial charge in [-0.1, -0.05) is 0 Å². The number of nitrogens with one attached hydrogen (secondary N) is 1. The number of anilines is 2. The highest BCUT2D eigenvalue weighted by Crippen LogP contribution is 2.31. The van der Waals surface area contributed by atoms with Crippen molar-refractivity contribution in [2.75, 3.05) is 36.5 Å². The number of hydrogen-bond acceptors (Lipinski definition) is 9. The van der Waals surface area contributed by atoms with Gasteiger partial charge in [-0.2, -0.15) is 4.98 Å². The lowest BCUT2D eigenvalue weighted by Crippen LogP contribution is -2.37. The molecule has 31 heavy (non-hydrogen) atoms. The van der Waals surface area contributed by atoms with Crippen LogP contribution in [0.1, 0.15) is 25.7 Å². The molecule has 3 aromatic rings. The van der Waals surface area contributed by atoms with E-state index in [9.17, 15) is 5.11 Å². The number of pyridine rings is 2. The quantitative estimate of drug-likeness (QED) is 0.642. The molecule has 3 aromatic heterocycles. The number of fused-ring (bicyclic) bond motifs is 1. The van der Waals surface area contributed by atoms with E-state index in [0.717, 1.165) is 55.5 Å². The molecule has 162 valence electrons. The van der Waals surface area contributed by atoms with E-state index in [1.165, 1.54) is 12.4 Å². The first kappa shape index (κ1) is 19.7. The molecule has 1 aliphatic heterocycles. The number of ether oxygens (including phenoxy) is 2. The van der Waals surface area contributed by atoms with Gasteiger partial charge in [0, 0.05) is 31.4 Å². The Morgan fingerprint density at radius 1 is 1.06 bits per heavy atom. The zero-order valence-corrected chi connectivity index (χ0v) is 17.3. The summed E-state index contributed by atoms with van der Waals surface area (Å²) < 4.78 is 11.9. The van der Waals surface area contributed by atoms with Gasteiger partial charge in [0.15, 0.2) is 5.75 Å². The monoisotopic (exact) mass is 422 g/mol. The summed E-state index contributed by atoms with van der Waals surface area (Å²) in [6.45, 7) is 3.06. The van der Waals surface area contributed by atoms with E-state index in [4.69, 9.17) is 14.5 Å². The molecule has 2 fully saturated rings. The summed E-state index contributed by atoms with van der Waals surface area (Å²) in [6.07, 6.45) is 8.45. The lowest BCUT2D eigenvalue weighted by molar-refractivity contribution is 0.122. The van der Waals surface area contributed by atoms with E-state index in [-0.39, 0.29) is 17.9 Å². The van der Waals surface area contributed by atoms with Gasteiger partial charge < -0.3 is 24.8 Å². The lowest BCUT2D eigenvalue weighted by Gasteiger charge is -2.31. The first-order valence-electron chi connectivity index (χ1n) is 10.8. The highest BCUT2D eigenvalue weighted by Gasteiger charge is 2.25. The van der Waals surface area contributed by atoms with Gasteiger partial charge >= 0.3 is 0 Å². The molecular formula is C22H26N6O3. The van der Waals surface area contributed by atoms with Crippen LogP contribution in [0, 0.1) is 0 Å². The second-order valence-corrected chi connectivity index (χ2v) is 7.96. The highest BCUT2D eigenvalue weighted by molar-refractivity contribution is 5.85. The smallest absolute Gasteiger partial charge is 0.225 e. The molecule has 0 spiro atoms. The van der Waals surface area contributed by atoms with Crippen molar-refractivity contribution >= 4 is 22.7 Å². The van der Waals surface area contributed by atoms with Gasteiger partial charge in [-0.05, 0) is 37.8 Å². The van der Waals surface area contributed by atoms with Gasteiger partial charge in [-0.3, -0.25) is 4.98 Å². The van der Waals surface area contributed by atoms with Crippen LogP contribution < -0.4 is 15.0 Å². The van der Waals surface area contributed by atoms with Crippen molar-refractivity contribution in [3.63, 3.8) is 0 Å². The Morgan fingerprint density at radius 3 is 2.61 bits per heavy atom. The second kappa shape index (κ2) is 8.89. The fraction of sp³-hybridized carbons (Fsp3) is 0.455. The Bertz CT molecular complexity index is 1020. The topological polar surface area (TPSA) is 106 Å². The molecule has 0 radical (unpaired) electrons. The molecule has 1 aliphatic carbocycles. The van der Waals surface area contributed by atoms with E-state index in [1.54, 1.807) is 6.20 Å². The Morgan fingerprint density at radius 2 is 1.84 bits per heavy atom. The Balaban J connectivity index is 1.27. The number of aromatic hydroxyl groups is 1. The van der Waals surface area contributed by atoms with Crippen LogP contribution in [0.3, 0.4) is 0 Å². The Hall–Kier alpha value is -3.20. The van der Waals surface area contributed by atoms with Gasteiger partial charge in [0.1, 0.15) is 11.9 Å². The average molecular weight is 422 g/mol. The number of aromatic nitrogens is 4. The Labute approximate surface area is 180 Å². The summed E-state index contributed by atoms with van der Waals surface area (Å²) >= 11 is 0. The number of rotatable bonds is 5. The summed E-state index contributed by atoms with van der Waals surface area (Å²) in [7, 11) is 0. The molecule has 0 unspecified atom stereocenters. The van der Waals surface area contributed by atoms with Crippen molar-refractivity contribution in [3.8, 4) is 11.6 Å². The maximum absolute atomic E-state index is 9.33. The largest absolute Gasteiger partial charge is 0.505 e. The zero-order chi connectivity index (χ0) is 21.0. The molecule has 9 heteroatoms.